The van der Waals surface area contributed by atoms with Gasteiger partial charge >= 0.3 is 0 Å². The summed E-state index contributed by atoms with van der Waals surface area (Å²) in [6.45, 7) is 7.24. The highest BCUT2D eigenvalue weighted by atomic mass is 16.5. The van der Waals surface area contributed by atoms with E-state index in [1.54, 1.807) is 0 Å². The highest BCUT2D eigenvalue weighted by Crippen LogP contribution is 2.19. The summed E-state index contributed by atoms with van der Waals surface area (Å²) >= 11 is 0. The molecule has 1 rings (SSSR count). The third-order valence-corrected chi connectivity index (χ3v) is 2.66. The molecule has 0 aromatic rings. The second-order valence-electron chi connectivity index (χ2n) is 5.27. The first-order chi connectivity index (χ1) is 7.82. The molecular formula is C11H21N3O3. The van der Waals surface area contributed by atoms with Crippen molar-refractivity contribution in [2.75, 3.05) is 19.7 Å². The third-order valence-electron chi connectivity index (χ3n) is 2.66. The van der Waals surface area contributed by atoms with Crippen molar-refractivity contribution < 1.29 is 14.3 Å². The highest BCUT2D eigenvalue weighted by molar-refractivity contribution is 5.89. The lowest BCUT2D eigenvalue weighted by molar-refractivity contribution is -0.138. The fourth-order valence-electron chi connectivity index (χ4n) is 1.68. The number of nitrogens with one attached hydrogen (secondary N) is 2. The summed E-state index contributed by atoms with van der Waals surface area (Å²) in [6.07, 6.45) is -0.548. The molecule has 0 aromatic carbocycles. The van der Waals surface area contributed by atoms with Crippen LogP contribution in [0.1, 0.15) is 20.8 Å². The first-order valence-electron chi connectivity index (χ1n) is 5.74. The quantitative estimate of drug-likeness (QED) is 0.592. The van der Waals surface area contributed by atoms with Gasteiger partial charge in [-0.15, -0.1) is 0 Å². The zero-order valence-electron chi connectivity index (χ0n) is 10.6. The molecule has 0 radical (unpaired) electrons. The van der Waals surface area contributed by atoms with Crippen molar-refractivity contribution in [1.29, 1.82) is 0 Å². The van der Waals surface area contributed by atoms with Gasteiger partial charge in [-0.2, -0.15) is 0 Å². The van der Waals surface area contributed by atoms with E-state index in [0.29, 0.717) is 13.2 Å². The van der Waals surface area contributed by atoms with Crippen molar-refractivity contribution in [3.8, 4) is 0 Å². The number of hydrogen-bond acceptors (Lipinski definition) is 4. The largest absolute Gasteiger partial charge is 0.368 e. The number of rotatable bonds is 3. The molecule has 1 saturated heterocycles. The molecule has 6 heteroatoms. The number of morpholine rings is 1. The second-order valence-corrected chi connectivity index (χ2v) is 5.27. The van der Waals surface area contributed by atoms with Crippen LogP contribution in [0.25, 0.3) is 0 Å². The average Bonchev–Trinajstić information content (AvgIpc) is 2.24. The van der Waals surface area contributed by atoms with Crippen molar-refractivity contribution in [2.45, 2.75) is 32.9 Å². The van der Waals surface area contributed by atoms with Crippen LogP contribution in [0.2, 0.25) is 0 Å². The maximum absolute atomic E-state index is 11.9. The predicted molar refractivity (Wildman–Crippen MR) is 63.2 cm³/mol. The van der Waals surface area contributed by atoms with Crippen LogP contribution in [-0.4, -0.2) is 43.7 Å². The monoisotopic (exact) mass is 243 g/mol. The van der Waals surface area contributed by atoms with E-state index in [2.05, 4.69) is 10.6 Å². The van der Waals surface area contributed by atoms with Crippen LogP contribution in [0, 0.1) is 5.41 Å². The van der Waals surface area contributed by atoms with E-state index in [4.69, 9.17) is 10.5 Å². The Morgan fingerprint density at radius 1 is 1.47 bits per heavy atom. The minimum Gasteiger partial charge on any atom is -0.368 e. The van der Waals surface area contributed by atoms with Crippen LogP contribution in [0.3, 0.4) is 0 Å². The summed E-state index contributed by atoms with van der Waals surface area (Å²) in [5.41, 5.74) is 4.88. The molecule has 1 fully saturated rings. The van der Waals surface area contributed by atoms with Crippen molar-refractivity contribution in [3.05, 3.63) is 0 Å². The zero-order valence-corrected chi connectivity index (χ0v) is 10.6. The van der Waals surface area contributed by atoms with Crippen LogP contribution in [0.15, 0.2) is 0 Å². The topological polar surface area (TPSA) is 93.4 Å². The third kappa shape index (κ3) is 3.98. The lowest BCUT2D eigenvalue weighted by Gasteiger charge is -2.31. The van der Waals surface area contributed by atoms with Gasteiger partial charge in [0.2, 0.25) is 5.91 Å². The Balaban J connectivity index is 2.60. The van der Waals surface area contributed by atoms with Crippen molar-refractivity contribution in [3.63, 3.8) is 0 Å². The Labute approximate surface area is 101 Å². The molecule has 2 unspecified atom stereocenters. The number of carbonyl (C=O) groups excluding carboxylic acids is 2. The van der Waals surface area contributed by atoms with Gasteiger partial charge in [0, 0.05) is 13.1 Å². The molecule has 0 aromatic heterocycles. The number of carbonyl (C=O) groups is 2. The number of nitrogens with two attached hydrogens (primary N) is 1. The van der Waals surface area contributed by atoms with Crippen LogP contribution in [0.5, 0.6) is 0 Å². The van der Waals surface area contributed by atoms with E-state index in [1.165, 1.54) is 0 Å². The first-order valence-corrected chi connectivity index (χ1v) is 5.74. The van der Waals surface area contributed by atoms with Gasteiger partial charge in [0.1, 0.15) is 12.1 Å². The molecule has 6 nitrogen and oxygen atoms in total. The standard InChI is InChI=1S/C11H21N3O3/c1-11(2,3)8(9(12)15)14-10(16)7-6-13-4-5-17-7/h7-8,13H,4-6H2,1-3H3,(H2,12,15)(H,14,16). The van der Waals surface area contributed by atoms with Gasteiger partial charge in [-0.05, 0) is 5.41 Å². The maximum Gasteiger partial charge on any atom is 0.251 e. The fraction of sp³-hybridized carbons (Fsp3) is 0.818. The highest BCUT2D eigenvalue weighted by Gasteiger charge is 2.33. The molecule has 4 N–H and O–H groups in total. The van der Waals surface area contributed by atoms with Crippen molar-refractivity contribution in [2.24, 2.45) is 11.1 Å². The van der Waals surface area contributed by atoms with E-state index in [1.807, 2.05) is 20.8 Å². The average molecular weight is 243 g/mol. The molecule has 2 amide bonds. The molecular weight excluding hydrogens is 222 g/mol. The first kappa shape index (κ1) is 13.9. The lowest BCUT2D eigenvalue weighted by Crippen LogP contribution is -2.57. The number of hydrogen-bond donors (Lipinski definition) is 3. The van der Waals surface area contributed by atoms with Gasteiger partial charge in [-0.25, -0.2) is 0 Å². The van der Waals surface area contributed by atoms with Crippen LogP contribution in [-0.2, 0) is 14.3 Å². The Bertz CT molecular complexity index is 293. The molecule has 1 heterocycles. The second kappa shape index (κ2) is 5.46. The SMILES string of the molecule is CC(C)(C)C(NC(=O)C1CNCCO1)C(N)=O. The summed E-state index contributed by atoms with van der Waals surface area (Å²) in [6, 6.07) is -0.694. The number of amides is 2. The van der Waals surface area contributed by atoms with Gasteiger partial charge in [0.15, 0.2) is 0 Å². The maximum atomic E-state index is 11.9. The Morgan fingerprint density at radius 2 is 2.12 bits per heavy atom. The zero-order chi connectivity index (χ0) is 13.1. The number of primary amides is 1. The predicted octanol–water partition coefficient (Wildman–Crippen LogP) is -1.01. The minimum absolute atomic E-state index is 0.295. The van der Waals surface area contributed by atoms with E-state index in [-0.39, 0.29) is 5.91 Å². The Hall–Kier alpha value is -1.14. The fourth-order valence-corrected chi connectivity index (χ4v) is 1.68. The molecule has 2 atom stereocenters. The lowest BCUT2D eigenvalue weighted by atomic mass is 9.86. The van der Waals surface area contributed by atoms with Gasteiger partial charge in [-0.3, -0.25) is 9.59 Å². The van der Waals surface area contributed by atoms with Crippen molar-refractivity contribution >= 4 is 11.8 Å². The van der Waals surface area contributed by atoms with Gasteiger partial charge < -0.3 is 21.1 Å². The van der Waals surface area contributed by atoms with E-state index in [0.717, 1.165) is 6.54 Å². The van der Waals surface area contributed by atoms with Crippen LogP contribution >= 0.6 is 0 Å². The minimum atomic E-state index is -0.694. The molecule has 98 valence electrons. The molecule has 0 saturated carbocycles. The Kier molecular flexibility index (Phi) is 4.47. The van der Waals surface area contributed by atoms with E-state index < -0.39 is 23.5 Å². The van der Waals surface area contributed by atoms with Gasteiger partial charge in [0.05, 0.1) is 6.61 Å². The molecule has 17 heavy (non-hydrogen) atoms. The summed E-state index contributed by atoms with van der Waals surface area (Å²) in [5.74, 6) is -0.828. The normalized spacial score (nSPS) is 22.9. The van der Waals surface area contributed by atoms with E-state index >= 15 is 0 Å². The summed E-state index contributed by atoms with van der Waals surface area (Å²) in [7, 11) is 0. The molecule has 1 aliphatic heterocycles. The van der Waals surface area contributed by atoms with Crippen LogP contribution < -0.4 is 16.4 Å². The molecule has 1 aliphatic rings. The Morgan fingerprint density at radius 3 is 2.53 bits per heavy atom. The van der Waals surface area contributed by atoms with Crippen LogP contribution in [0.4, 0.5) is 0 Å². The molecule has 0 aliphatic carbocycles. The smallest absolute Gasteiger partial charge is 0.251 e. The summed E-state index contributed by atoms with van der Waals surface area (Å²) in [5, 5.41) is 5.70. The van der Waals surface area contributed by atoms with Gasteiger partial charge in [0.25, 0.3) is 5.91 Å². The molecule has 0 spiro atoms. The number of ether oxygens (including phenoxy) is 1. The van der Waals surface area contributed by atoms with Gasteiger partial charge in [-0.1, -0.05) is 20.8 Å². The summed E-state index contributed by atoms with van der Waals surface area (Å²) in [4.78, 5) is 23.2. The molecule has 0 bridgehead atoms. The summed E-state index contributed by atoms with van der Waals surface area (Å²) < 4.78 is 5.31. The van der Waals surface area contributed by atoms with Crippen molar-refractivity contribution in [1.82, 2.24) is 10.6 Å². The van der Waals surface area contributed by atoms with E-state index in [9.17, 15) is 9.59 Å².